The molecule has 2 atom stereocenters. The lowest BCUT2D eigenvalue weighted by molar-refractivity contribution is -0.135. The molecule has 1 aromatic heterocycles. The molecule has 1 aliphatic heterocycles. The SMILES string of the molecule is COc1ccc(C2C(C(=O)c3ccccc3)C(=O)C(=O)N2c2ccccn2)cc1. The first-order valence-corrected chi connectivity index (χ1v) is 9.13. The zero-order chi connectivity index (χ0) is 20.4. The Morgan fingerprint density at radius 2 is 1.62 bits per heavy atom. The average Bonchev–Trinajstić information content (AvgIpc) is 3.05. The smallest absolute Gasteiger partial charge is 0.297 e. The molecule has 0 bridgehead atoms. The zero-order valence-corrected chi connectivity index (χ0v) is 15.7. The van der Waals surface area contributed by atoms with E-state index in [0.29, 0.717) is 22.7 Å². The molecule has 1 fully saturated rings. The molecule has 0 radical (unpaired) electrons. The maximum atomic E-state index is 13.2. The molecule has 2 unspecified atom stereocenters. The molecule has 2 aromatic carbocycles. The van der Waals surface area contributed by atoms with Gasteiger partial charge in [-0.25, -0.2) is 4.98 Å². The van der Waals surface area contributed by atoms with E-state index in [4.69, 9.17) is 4.74 Å². The molecule has 0 aliphatic carbocycles. The summed E-state index contributed by atoms with van der Waals surface area (Å²) in [5.74, 6) is -2.04. The van der Waals surface area contributed by atoms with E-state index < -0.39 is 23.7 Å². The van der Waals surface area contributed by atoms with Crippen LogP contribution < -0.4 is 9.64 Å². The van der Waals surface area contributed by atoms with E-state index in [0.717, 1.165) is 0 Å². The van der Waals surface area contributed by atoms with Gasteiger partial charge in [-0.05, 0) is 29.8 Å². The minimum absolute atomic E-state index is 0.329. The molecule has 1 amide bonds. The molecule has 0 saturated carbocycles. The molecule has 1 aliphatic rings. The molecule has 6 heteroatoms. The summed E-state index contributed by atoms with van der Waals surface area (Å²) in [6.45, 7) is 0. The quantitative estimate of drug-likeness (QED) is 0.382. The number of hydrogen-bond acceptors (Lipinski definition) is 5. The number of anilines is 1. The largest absolute Gasteiger partial charge is 0.497 e. The van der Waals surface area contributed by atoms with Crippen molar-refractivity contribution in [1.29, 1.82) is 0 Å². The van der Waals surface area contributed by atoms with E-state index in [2.05, 4.69) is 4.98 Å². The summed E-state index contributed by atoms with van der Waals surface area (Å²) >= 11 is 0. The van der Waals surface area contributed by atoms with Crippen molar-refractivity contribution in [2.45, 2.75) is 6.04 Å². The van der Waals surface area contributed by atoms with Crippen molar-refractivity contribution < 1.29 is 19.1 Å². The summed E-state index contributed by atoms with van der Waals surface area (Å²) in [6, 6.07) is 19.9. The van der Waals surface area contributed by atoms with Crippen molar-refractivity contribution in [1.82, 2.24) is 4.98 Å². The van der Waals surface area contributed by atoms with Gasteiger partial charge in [0.05, 0.1) is 13.2 Å². The van der Waals surface area contributed by atoms with Gasteiger partial charge in [0.2, 0.25) is 5.78 Å². The zero-order valence-electron chi connectivity index (χ0n) is 15.7. The Labute approximate surface area is 167 Å². The molecule has 2 heterocycles. The average molecular weight is 386 g/mol. The fourth-order valence-corrected chi connectivity index (χ4v) is 3.60. The van der Waals surface area contributed by atoms with Crippen LogP contribution in [-0.2, 0) is 9.59 Å². The Bertz CT molecular complexity index is 1050. The second-order valence-electron chi connectivity index (χ2n) is 6.65. The molecule has 1 saturated heterocycles. The molecule has 3 aromatic rings. The Morgan fingerprint density at radius 3 is 2.24 bits per heavy atom. The lowest BCUT2D eigenvalue weighted by Crippen LogP contribution is -2.31. The number of benzene rings is 2. The van der Waals surface area contributed by atoms with Crippen LogP contribution in [0.4, 0.5) is 5.82 Å². The van der Waals surface area contributed by atoms with Crippen LogP contribution in [-0.4, -0.2) is 29.6 Å². The molecule has 29 heavy (non-hydrogen) atoms. The fourth-order valence-electron chi connectivity index (χ4n) is 3.60. The summed E-state index contributed by atoms with van der Waals surface area (Å²) in [5.41, 5.74) is 1.05. The third-order valence-corrected chi connectivity index (χ3v) is 5.00. The minimum atomic E-state index is -1.15. The third-order valence-electron chi connectivity index (χ3n) is 5.00. The first-order chi connectivity index (χ1) is 14.1. The summed E-state index contributed by atoms with van der Waals surface area (Å²) in [6.07, 6.45) is 1.55. The second-order valence-corrected chi connectivity index (χ2v) is 6.65. The molecule has 0 spiro atoms. The number of carbonyl (C=O) groups excluding carboxylic acids is 3. The molecule has 4 rings (SSSR count). The Balaban J connectivity index is 1.84. The Kier molecular flexibility index (Phi) is 4.91. The highest BCUT2D eigenvalue weighted by Gasteiger charge is 2.52. The van der Waals surface area contributed by atoms with Gasteiger partial charge in [0.25, 0.3) is 5.91 Å². The Morgan fingerprint density at radius 1 is 0.931 bits per heavy atom. The van der Waals surface area contributed by atoms with E-state index in [1.54, 1.807) is 86.1 Å². The highest BCUT2D eigenvalue weighted by atomic mass is 16.5. The normalized spacial score (nSPS) is 18.7. The van der Waals surface area contributed by atoms with Gasteiger partial charge in [0.1, 0.15) is 17.5 Å². The van der Waals surface area contributed by atoms with Gasteiger partial charge < -0.3 is 4.74 Å². The lowest BCUT2D eigenvalue weighted by atomic mass is 9.86. The maximum Gasteiger partial charge on any atom is 0.297 e. The summed E-state index contributed by atoms with van der Waals surface area (Å²) < 4.78 is 5.20. The number of ether oxygens (including phenoxy) is 1. The van der Waals surface area contributed by atoms with Crippen molar-refractivity contribution in [3.63, 3.8) is 0 Å². The monoisotopic (exact) mass is 386 g/mol. The van der Waals surface area contributed by atoms with Gasteiger partial charge in [0, 0.05) is 11.8 Å². The van der Waals surface area contributed by atoms with Gasteiger partial charge in [-0.2, -0.15) is 0 Å². The Hall–Kier alpha value is -3.80. The van der Waals surface area contributed by atoms with E-state index in [1.165, 1.54) is 4.90 Å². The number of aromatic nitrogens is 1. The summed E-state index contributed by atoms with van der Waals surface area (Å²) in [7, 11) is 1.56. The fraction of sp³-hybridized carbons (Fsp3) is 0.130. The topological polar surface area (TPSA) is 76.6 Å². The second kappa shape index (κ2) is 7.67. The van der Waals surface area contributed by atoms with Crippen molar-refractivity contribution in [2.24, 2.45) is 5.92 Å². The van der Waals surface area contributed by atoms with Crippen LogP contribution in [0.3, 0.4) is 0 Å². The number of carbonyl (C=O) groups is 3. The maximum absolute atomic E-state index is 13.2. The minimum Gasteiger partial charge on any atom is -0.497 e. The molecule has 144 valence electrons. The van der Waals surface area contributed by atoms with Gasteiger partial charge >= 0.3 is 0 Å². The standard InChI is InChI=1S/C23H18N2O4/c1-29-17-12-10-15(11-13-17)20-19(21(26)16-7-3-2-4-8-16)22(27)23(28)25(20)18-9-5-6-14-24-18/h2-14,19-20H,1H3. The van der Waals surface area contributed by atoms with Gasteiger partial charge in [-0.1, -0.05) is 48.5 Å². The van der Waals surface area contributed by atoms with Crippen molar-refractivity contribution in [3.8, 4) is 5.75 Å². The lowest BCUT2D eigenvalue weighted by Gasteiger charge is -2.26. The first-order valence-electron chi connectivity index (χ1n) is 9.13. The van der Waals surface area contributed by atoms with E-state index in [1.807, 2.05) is 0 Å². The van der Waals surface area contributed by atoms with Gasteiger partial charge in [-0.3, -0.25) is 19.3 Å². The van der Waals surface area contributed by atoms with Crippen LogP contribution in [0.1, 0.15) is 22.0 Å². The van der Waals surface area contributed by atoms with Gasteiger partial charge in [-0.15, -0.1) is 0 Å². The van der Waals surface area contributed by atoms with Crippen LogP contribution in [0, 0.1) is 5.92 Å². The molecular formula is C23H18N2O4. The number of pyridine rings is 1. The third kappa shape index (κ3) is 3.29. The van der Waals surface area contributed by atoms with Gasteiger partial charge in [0.15, 0.2) is 5.78 Å². The van der Waals surface area contributed by atoms with Crippen molar-refractivity contribution in [3.05, 3.63) is 90.1 Å². The highest BCUT2D eigenvalue weighted by molar-refractivity contribution is 6.48. The predicted molar refractivity (Wildman–Crippen MR) is 107 cm³/mol. The van der Waals surface area contributed by atoms with Crippen LogP contribution in [0.15, 0.2) is 79.0 Å². The van der Waals surface area contributed by atoms with Crippen LogP contribution in [0.2, 0.25) is 0 Å². The number of Topliss-reactive ketones (excluding diaryl/α,β-unsaturated/α-hetero) is 2. The van der Waals surface area contributed by atoms with Crippen LogP contribution in [0.5, 0.6) is 5.75 Å². The number of hydrogen-bond donors (Lipinski definition) is 0. The van der Waals surface area contributed by atoms with Crippen LogP contribution >= 0.6 is 0 Å². The van der Waals surface area contributed by atoms with E-state index in [9.17, 15) is 14.4 Å². The van der Waals surface area contributed by atoms with Crippen LogP contribution in [0.25, 0.3) is 0 Å². The molecule has 0 N–H and O–H groups in total. The number of nitrogens with zero attached hydrogens (tertiary/aromatic N) is 2. The highest BCUT2D eigenvalue weighted by Crippen LogP contribution is 2.40. The van der Waals surface area contributed by atoms with Crippen molar-refractivity contribution in [2.75, 3.05) is 12.0 Å². The molecule has 6 nitrogen and oxygen atoms in total. The molecular weight excluding hydrogens is 368 g/mol. The van der Waals surface area contributed by atoms with E-state index >= 15 is 0 Å². The number of ketones is 2. The number of amides is 1. The number of methoxy groups -OCH3 is 1. The summed E-state index contributed by atoms with van der Waals surface area (Å²) in [5, 5.41) is 0. The summed E-state index contributed by atoms with van der Waals surface area (Å²) in [4.78, 5) is 44.7. The first kappa shape index (κ1) is 18.6. The number of rotatable bonds is 5. The van der Waals surface area contributed by atoms with Crippen molar-refractivity contribution >= 4 is 23.3 Å². The predicted octanol–water partition coefficient (Wildman–Crippen LogP) is 3.25. The van der Waals surface area contributed by atoms with E-state index in [-0.39, 0.29) is 5.78 Å².